The van der Waals surface area contributed by atoms with Crippen LogP contribution in [0.3, 0.4) is 0 Å². The summed E-state index contributed by atoms with van der Waals surface area (Å²) in [5.74, 6) is 0.896. The lowest BCUT2D eigenvalue weighted by molar-refractivity contribution is 0.154. The molecule has 1 aromatic rings. The van der Waals surface area contributed by atoms with Crippen LogP contribution in [0.15, 0.2) is 18.3 Å². The fraction of sp³-hybridized carbons (Fsp3) is 0.667. The average molecular weight is 264 g/mol. The fourth-order valence-corrected chi connectivity index (χ4v) is 2.35. The van der Waals surface area contributed by atoms with E-state index < -0.39 is 0 Å². The van der Waals surface area contributed by atoms with Gasteiger partial charge in [0, 0.05) is 20.2 Å². The summed E-state index contributed by atoms with van der Waals surface area (Å²) in [7, 11) is 1.71. The normalized spacial score (nSPS) is 16.5. The molecular formula is C15H24N2O2. The predicted octanol–water partition coefficient (Wildman–Crippen LogP) is 2.53. The van der Waals surface area contributed by atoms with Gasteiger partial charge in [0.1, 0.15) is 5.75 Å². The van der Waals surface area contributed by atoms with Gasteiger partial charge < -0.3 is 14.8 Å². The van der Waals surface area contributed by atoms with Gasteiger partial charge in [-0.1, -0.05) is 6.42 Å². The molecule has 4 nitrogen and oxygen atoms in total. The van der Waals surface area contributed by atoms with Crippen LogP contribution in [0.2, 0.25) is 0 Å². The molecule has 4 heteroatoms. The van der Waals surface area contributed by atoms with E-state index in [9.17, 15) is 0 Å². The lowest BCUT2D eigenvalue weighted by Gasteiger charge is -2.22. The van der Waals surface area contributed by atoms with Gasteiger partial charge in [0.25, 0.3) is 0 Å². The van der Waals surface area contributed by atoms with E-state index in [1.165, 1.54) is 32.1 Å². The van der Waals surface area contributed by atoms with Crippen molar-refractivity contribution in [2.45, 2.75) is 44.8 Å². The maximum absolute atomic E-state index is 5.95. The molecule has 1 aromatic heterocycles. The highest BCUT2D eigenvalue weighted by Gasteiger charge is 2.14. The summed E-state index contributed by atoms with van der Waals surface area (Å²) >= 11 is 0. The van der Waals surface area contributed by atoms with Gasteiger partial charge in [-0.15, -0.1) is 0 Å². The minimum atomic E-state index is 0.390. The molecule has 1 aliphatic rings. The van der Waals surface area contributed by atoms with Crippen LogP contribution >= 0.6 is 0 Å². The standard InChI is InChI=1S/C15H24N2O2/c1-18-10-9-16-11-13-7-8-15(12-17-13)19-14-5-3-2-4-6-14/h7-8,12,14,16H,2-6,9-11H2,1H3. The molecule has 0 unspecified atom stereocenters. The van der Waals surface area contributed by atoms with Gasteiger partial charge >= 0.3 is 0 Å². The number of pyridine rings is 1. The van der Waals surface area contributed by atoms with Crippen LogP contribution in [-0.4, -0.2) is 31.3 Å². The molecule has 1 fully saturated rings. The Labute approximate surface area is 115 Å². The zero-order valence-corrected chi connectivity index (χ0v) is 11.7. The Bertz CT molecular complexity index is 348. The number of aromatic nitrogens is 1. The van der Waals surface area contributed by atoms with E-state index in [0.717, 1.165) is 31.1 Å². The minimum Gasteiger partial charge on any atom is -0.489 e. The second kappa shape index (κ2) is 8.12. The van der Waals surface area contributed by atoms with Gasteiger partial charge in [-0.3, -0.25) is 4.98 Å². The van der Waals surface area contributed by atoms with E-state index >= 15 is 0 Å². The molecule has 0 radical (unpaired) electrons. The summed E-state index contributed by atoms with van der Waals surface area (Å²) in [6, 6.07) is 4.05. The molecule has 0 amide bonds. The summed E-state index contributed by atoms with van der Waals surface area (Å²) in [4.78, 5) is 4.41. The van der Waals surface area contributed by atoms with E-state index in [2.05, 4.69) is 10.3 Å². The second-order valence-electron chi connectivity index (χ2n) is 5.03. The van der Waals surface area contributed by atoms with Crippen molar-refractivity contribution in [3.63, 3.8) is 0 Å². The summed E-state index contributed by atoms with van der Waals surface area (Å²) < 4.78 is 10.9. The van der Waals surface area contributed by atoms with Gasteiger partial charge in [0.15, 0.2) is 0 Å². The van der Waals surface area contributed by atoms with Crippen molar-refractivity contribution in [2.24, 2.45) is 0 Å². The lowest BCUT2D eigenvalue weighted by Crippen LogP contribution is -2.20. The number of nitrogens with zero attached hydrogens (tertiary/aromatic N) is 1. The summed E-state index contributed by atoms with van der Waals surface area (Å²) in [5, 5.41) is 3.28. The largest absolute Gasteiger partial charge is 0.489 e. The van der Waals surface area contributed by atoms with Gasteiger partial charge in [-0.25, -0.2) is 0 Å². The molecule has 1 saturated carbocycles. The molecule has 0 atom stereocenters. The average Bonchev–Trinajstić information content (AvgIpc) is 2.46. The lowest BCUT2D eigenvalue weighted by atomic mass is 9.98. The topological polar surface area (TPSA) is 43.4 Å². The summed E-state index contributed by atoms with van der Waals surface area (Å²) in [5.41, 5.74) is 1.03. The van der Waals surface area contributed by atoms with E-state index in [-0.39, 0.29) is 0 Å². The first kappa shape index (κ1) is 14.3. The van der Waals surface area contributed by atoms with Crippen LogP contribution in [0.5, 0.6) is 5.75 Å². The van der Waals surface area contributed by atoms with Crippen LogP contribution < -0.4 is 10.1 Å². The zero-order chi connectivity index (χ0) is 13.3. The highest BCUT2D eigenvalue weighted by Crippen LogP contribution is 2.22. The Hall–Kier alpha value is -1.13. The van der Waals surface area contributed by atoms with Crippen molar-refractivity contribution in [1.29, 1.82) is 0 Å². The van der Waals surface area contributed by atoms with Crippen LogP contribution in [0.4, 0.5) is 0 Å². The van der Waals surface area contributed by atoms with Crippen molar-refractivity contribution < 1.29 is 9.47 Å². The smallest absolute Gasteiger partial charge is 0.138 e. The Morgan fingerprint density at radius 3 is 2.79 bits per heavy atom. The Balaban J connectivity index is 1.74. The molecule has 0 aliphatic heterocycles. The van der Waals surface area contributed by atoms with Gasteiger partial charge in [0.2, 0.25) is 0 Å². The highest BCUT2D eigenvalue weighted by atomic mass is 16.5. The van der Waals surface area contributed by atoms with Crippen molar-refractivity contribution in [3.8, 4) is 5.75 Å². The van der Waals surface area contributed by atoms with E-state index in [1.807, 2.05) is 18.3 Å². The molecule has 0 saturated heterocycles. The number of hydrogen-bond acceptors (Lipinski definition) is 4. The molecule has 106 valence electrons. The molecular weight excluding hydrogens is 240 g/mol. The fourth-order valence-electron chi connectivity index (χ4n) is 2.35. The highest BCUT2D eigenvalue weighted by molar-refractivity contribution is 5.20. The number of nitrogens with one attached hydrogen (secondary N) is 1. The maximum atomic E-state index is 5.95. The van der Waals surface area contributed by atoms with Crippen LogP contribution in [0, 0.1) is 0 Å². The third-order valence-electron chi connectivity index (χ3n) is 3.44. The Morgan fingerprint density at radius 2 is 2.11 bits per heavy atom. The van der Waals surface area contributed by atoms with Crippen LogP contribution in [0.1, 0.15) is 37.8 Å². The number of methoxy groups -OCH3 is 1. The SMILES string of the molecule is COCCNCc1ccc(OC2CCCCC2)cn1. The molecule has 0 spiro atoms. The Kier molecular flexibility index (Phi) is 6.11. The number of hydrogen-bond donors (Lipinski definition) is 1. The summed E-state index contributed by atoms with van der Waals surface area (Å²) in [6.07, 6.45) is 8.52. The molecule has 1 N–H and O–H groups in total. The quantitative estimate of drug-likeness (QED) is 0.769. The van der Waals surface area contributed by atoms with E-state index in [1.54, 1.807) is 7.11 Å². The maximum Gasteiger partial charge on any atom is 0.138 e. The van der Waals surface area contributed by atoms with Crippen molar-refractivity contribution >= 4 is 0 Å². The minimum absolute atomic E-state index is 0.390. The first-order chi connectivity index (χ1) is 9.38. The second-order valence-corrected chi connectivity index (χ2v) is 5.03. The van der Waals surface area contributed by atoms with Gasteiger partial charge in [-0.05, 0) is 37.8 Å². The van der Waals surface area contributed by atoms with Crippen LogP contribution in [-0.2, 0) is 11.3 Å². The third-order valence-corrected chi connectivity index (χ3v) is 3.44. The molecule has 19 heavy (non-hydrogen) atoms. The molecule has 2 rings (SSSR count). The van der Waals surface area contributed by atoms with E-state index in [4.69, 9.17) is 9.47 Å². The predicted molar refractivity (Wildman–Crippen MR) is 75.3 cm³/mol. The first-order valence-electron chi connectivity index (χ1n) is 7.20. The van der Waals surface area contributed by atoms with Crippen LogP contribution in [0.25, 0.3) is 0 Å². The monoisotopic (exact) mass is 264 g/mol. The zero-order valence-electron chi connectivity index (χ0n) is 11.7. The van der Waals surface area contributed by atoms with Gasteiger partial charge in [-0.2, -0.15) is 0 Å². The third kappa shape index (κ3) is 5.17. The Morgan fingerprint density at radius 1 is 1.26 bits per heavy atom. The summed E-state index contributed by atoms with van der Waals surface area (Å²) in [6.45, 7) is 2.34. The molecule has 1 heterocycles. The molecule has 1 aliphatic carbocycles. The van der Waals surface area contributed by atoms with Crippen molar-refractivity contribution in [3.05, 3.63) is 24.0 Å². The molecule has 0 aromatic carbocycles. The van der Waals surface area contributed by atoms with E-state index in [0.29, 0.717) is 6.10 Å². The van der Waals surface area contributed by atoms with Gasteiger partial charge in [0.05, 0.1) is 24.6 Å². The number of ether oxygens (including phenoxy) is 2. The van der Waals surface area contributed by atoms with Crippen molar-refractivity contribution in [2.75, 3.05) is 20.3 Å². The molecule has 0 bridgehead atoms. The van der Waals surface area contributed by atoms with Crippen molar-refractivity contribution in [1.82, 2.24) is 10.3 Å². The number of rotatable bonds is 7. The first-order valence-corrected chi connectivity index (χ1v) is 7.20.